The van der Waals surface area contributed by atoms with Gasteiger partial charge < -0.3 is 19.5 Å². The summed E-state index contributed by atoms with van der Waals surface area (Å²) in [4.78, 5) is 11.9. The Hall–Kier alpha value is -2.95. The molecule has 2 rings (SSSR count). The Bertz CT molecular complexity index is 698. The van der Waals surface area contributed by atoms with E-state index in [-0.39, 0.29) is 12.5 Å². The molecule has 0 radical (unpaired) electrons. The van der Waals surface area contributed by atoms with Crippen LogP contribution in [0.25, 0.3) is 6.08 Å². The van der Waals surface area contributed by atoms with Gasteiger partial charge in [-0.3, -0.25) is 4.79 Å². The van der Waals surface area contributed by atoms with Crippen molar-refractivity contribution in [2.24, 2.45) is 0 Å². The van der Waals surface area contributed by atoms with Crippen molar-refractivity contribution in [3.63, 3.8) is 0 Å². The maximum absolute atomic E-state index is 11.9. The molecular formula is C20H23NO4. The predicted octanol–water partition coefficient (Wildman–Crippen LogP) is 3.30. The topological polar surface area (TPSA) is 56.8 Å². The number of hydrogen-bond donors (Lipinski definition) is 1. The van der Waals surface area contributed by atoms with E-state index in [0.717, 1.165) is 11.3 Å². The number of amides is 1. The number of para-hydroxylation sites is 1. The maximum Gasteiger partial charge on any atom is 0.258 e. The number of allylic oxidation sites excluding steroid dienone is 1. The first-order chi connectivity index (χ1) is 12.2. The Morgan fingerprint density at radius 2 is 1.88 bits per heavy atom. The lowest BCUT2D eigenvalue weighted by atomic mass is 10.2. The van der Waals surface area contributed by atoms with Crippen LogP contribution in [0.3, 0.4) is 0 Å². The minimum atomic E-state index is -0.212. The summed E-state index contributed by atoms with van der Waals surface area (Å²) < 4.78 is 16.3. The summed E-state index contributed by atoms with van der Waals surface area (Å²) >= 11 is 0. The second kappa shape index (κ2) is 10.0. The summed E-state index contributed by atoms with van der Waals surface area (Å²) in [5, 5.41) is 2.75. The van der Waals surface area contributed by atoms with E-state index in [1.54, 1.807) is 13.2 Å². The van der Waals surface area contributed by atoms with E-state index in [1.165, 1.54) is 0 Å². The minimum Gasteiger partial charge on any atom is -0.493 e. The number of ether oxygens (including phenoxy) is 3. The Balaban J connectivity index is 1.74. The molecule has 0 unspecified atom stereocenters. The number of benzene rings is 2. The molecule has 0 aliphatic rings. The molecule has 0 bridgehead atoms. The van der Waals surface area contributed by atoms with E-state index in [9.17, 15) is 4.79 Å². The van der Waals surface area contributed by atoms with Crippen LogP contribution in [0, 0.1) is 0 Å². The number of nitrogens with one attached hydrogen (secondary N) is 1. The third-order valence-electron chi connectivity index (χ3n) is 3.34. The molecule has 2 aromatic rings. The summed E-state index contributed by atoms with van der Waals surface area (Å²) in [5.41, 5.74) is 1.01. The quantitative estimate of drug-likeness (QED) is 0.711. The van der Waals surface area contributed by atoms with Crippen molar-refractivity contribution in [3.05, 3.63) is 60.2 Å². The number of hydrogen-bond acceptors (Lipinski definition) is 4. The van der Waals surface area contributed by atoms with E-state index >= 15 is 0 Å². The summed E-state index contributed by atoms with van der Waals surface area (Å²) in [6.07, 6.45) is 3.91. The van der Waals surface area contributed by atoms with Crippen molar-refractivity contribution in [1.29, 1.82) is 0 Å². The molecule has 1 amide bonds. The molecule has 132 valence electrons. The lowest BCUT2D eigenvalue weighted by Gasteiger charge is -2.12. The Morgan fingerprint density at radius 3 is 2.60 bits per heavy atom. The molecule has 0 aliphatic carbocycles. The van der Waals surface area contributed by atoms with Gasteiger partial charge in [0.15, 0.2) is 18.1 Å². The van der Waals surface area contributed by atoms with Gasteiger partial charge in [0.05, 0.1) is 13.7 Å². The first-order valence-electron chi connectivity index (χ1n) is 8.11. The third kappa shape index (κ3) is 6.22. The summed E-state index contributed by atoms with van der Waals surface area (Å²) in [6, 6.07) is 15.0. The average Bonchev–Trinajstić information content (AvgIpc) is 2.65. The third-order valence-corrected chi connectivity index (χ3v) is 3.34. The Morgan fingerprint density at radius 1 is 1.08 bits per heavy atom. The molecule has 0 heterocycles. The van der Waals surface area contributed by atoms with E-state index < -0.39 is 0 Å². The predicted molar refractivity (Wildman–Crippen MR) is 98.1 cm³/mol. The van der Waals surface area contributed by atoms with Crippen LogP contribution in [0.4, 0.5) is 0 Å². The van der Waals surface area contributed by atoms with Gasteiger partial charge in [0.25, 0.3) is 5.91 Å². The number of carbonyl (C=O) groups is 1. The lowest BCUT2D eigenvalue weighted by Crippen LogP contribution is -2.32. The molecule has 5 nitrogen and oxygen atoms in total. The van der Waals surface area contributed by atoms with Crippen LogP contribution in [-0.4, -0.2) is 32.8 Å². The molecule has 1 N–H and O–H groups in total. The van der Waals surface area contributed by atoms with Crippen LogP contribution in [0.1, 0.15) is 12.5 Å². The first kappa shape index (κ1) is 18.4. The fraction of sp³-hybridized carbons (Fsp3) is 0.250. The zero-order chi connectivity index (χ0) is 17.9. The summed E-state index contributed by atoms with van der Waals surface area (Å²) in [6.45, 7) is 2.68. The maximum atomic E-state index is 11.9. The molecule has 5 heteroatoms. The van der Waals surface area contributed by atoms with E-state index in [2.05, 4.69) is 5.32 Å². The van der Waals surface area contributed by atoms with Gasteiger partial charge in [-0.05, 0) is 36.8 Å². The van der Waals surface area contributed by atoms with Crippen molar-refractivity contribution >= 4 is 12.0 Å². The molecule has 25 heavy (non-hydrogen) atoms. The molecule has 0 spiro atoms. The summed E-state index contributed by atoms with van der Waals surface area (Å²) in [7, 11) is 1.57. The first-order valence-corrected chi connectivity index (χ1v) is 8.11. The lowest BCUT2D eigenvalue weighted by molar-refractivity contribution is -0.123. The van der Waals surface area contributed by atoms with Crippen molar-refractivity contribution in [1.82, 2.24) is 5.32 Å². The van der Waals surface area contributed by atoms with Crippen LogP contribution >= 0.6 is 0 Å². The second-order valence-electron chi connectivity index (χ2n) is 5.21. The van der Waals surface area contributed by atoms with Gasteiger partial charge in [0.2, 0.25) is 0 Å². The fourth-order valence-corrected chi connectivity index (χ4v) is 2.17. The SMILES string of the molecule is CC=Cc1ccc(OCC(=O)NCCOc2ccccc2)c(OC)c1. The molecule has 0 aliphatic heterocycles. The zero-order valence-corrected chi connectivity index (χ0v) is 14.5. The van der Waals surface area contributed by atoms with Crippen LogP contribution in [0.2, 0.25) is 0 Å². The number of rotatable bonds is 9. The van der Waals surface area contributed by atoms with E-state index in [0.29, 0.717) is 24.7 Å². The van der Waals surface area contributed by atoms with E-state index in [1.807, 2.05) is 61.5 Å². The minimum absolute atomic E-state index is 0.0787. The zero-order valence-electron chi connectivity index (χ0n) is 14.5. The van der Waals surface area contributed by atoms with Gasteiger partial charge in [-0.25, -0.2) is 0 Å². The highest BCUT2D eigenvalue weighted by atomic mass is 16.5. The molecule has 2 aromatic carbocycles. The molecular weight excluding hydrogens is 318 g/mol. The largest absolute Gasteiger partial charge is 0.493 e. The van der Waals surface area contributed by atoms with Crippen LogP contribution in [-0.2, 0) is 4.79 Å². The van der Waals surface area contributed by atoms with Gasteiger partial charge in [0, 0.05) is 0 Å². The number of carbonyl (C=O) groups excluding carboxylic acids is 1. The van der Waals surface area contributed by atoms with E-state index in [4.69, 9.17) is 14.2 Å². The van der Waals surface area contributed by atoms with Gasteiger partial charge in [0.1, 0.15) is 12.4 Å². The monoisotopic (exact) mass is 341 g/mol. The smallest absolute Gasteiger partial charge is 0.258 e. The van der Waals surface area contributed by atoms with Crippen molar-refractivity contribution in [2.45, 2.75) is 6.92 Å². The van der Waals surface area contributed by atoms with Crippen LogP contribution in [0.15, 0.2) is 54.6 Å². The highest BCUT2D eigenvalue weighted by Crippen LogP contribution is 2.28. The number of methoxy groups -OCH3 is 1. The van der Waals surface area contributed by atoms with Gasteiger partial charge in [-0.1, -0.05) is 36.4 Å². The van der Waals surface area contributed by atoms with Gasteiger partial charge in [-0.15, -0.1) is 0 Å². The molecule has 0 saturated heterocycles. The standard InChI is InChI=1S/C20H23NO4/c1-3-7-16-10-11-18(19(14-16)23-2)25-15-20(22)21-12-13-24-17-8-5-4-6-9-17/h3-11,14H,12-13,15H2,1-2H3,(H,21,22). The second-order valence-corrected chi connectivity index (χ2v) is 5.21. The Kier molecular flexibility index (Phi) is 7.38. The van der Waals surface area contributed by atoms with Crippen LogP contribution in [0.5, 0.6) is 17.2 Å². The van der Waals surface area contributed by atoms with Gasteiger partial charge in [-0.2, -0.15) is 0 Å². The fourth-order valence-electron chi connectivity index (χ4n) is 2.17. The van der Waals surface area contributed by atoms with Crippen molar-refractivity contribution in [3.8, 4) is 17.2 Å². The molecule has 0 fully saturated rings. The highest BCUT2D eigenvalue weighted by molar-refractivity contribution is 5.77. The summed E-state index contributed by atoms with van der Waals surface area (Å²) in [5.74, 6) is 1.69. The highest BCUT2D eigenvalue weighted by Gasteiger charge is 2.08. The van der Waals surface area contributed by atoms with Gasteiger partial charge >= 0.3 is 0 Å². The molecule has 0 aromatic heterocycles. The van der Waals surface area contributed by atoms with Crippen molar-refractivity contribution < 1.29 is 19.0 Å². The normalized spacial score (nSPS) is 10.5. The van der Waals surface area contributed by atoms with Crippen LogP contribution < -0.4 is 19.5 Å². The molecule has 0 atom stereocenters. The van der Waals surface area contributed by atoms with Crippen molar-refractivity contribution in [2.75, 3.05) is 26.9 Å². The Labute approximate surface area is 148 Å². The average molecular weight is 341 g/mol. The molecule has 0 saturated carbocycles.